The molecule has 110 valence electrons. The Bertz CT molecular complexity index is 445. The maximum absolute atomic E-state index is 12.2. The second-order valence-electron chi connectivity index (χ2n) is 6.38. The summed E-state index contributed by atoms with van der Waals surface area (Å²) in [6.07, 6.45) is 3.51. The third-order valence-corrected chi connectivity index (χ3v) is 4.56. The number of amides is 1. The summed E-state index contributed by atoms with van der Waals surface area (Å²) in [5.74, 6) is 0.282. The molecule has 20 heavy (non-hydrogen) atoms. The number of likely N-dealkylation sites (tertiary alicyclic amines) is 1. The zero-order valence-corrected chi connectivity index (χ0v) is 12.7. The number of hydrogen-bond acceptors (Lipinski definition) is 2. The van der Waals surface area contributed by atoms with Crippen molar-refractivity contribution in [3.8, 4) is 0 Å². The minimum atomic E-state index is 0.230. The number of rotatable bonds is 4. The van der Waals surface area contributed by atoms with E-state index in [0.29, 0.717) is 6.42 Å². The van der Waals surface area contributed by atoms with Crippen LogP contribution in [0.5, 0.6) is 0 Å². The van der Waals surface area contributed by atoms with E-state index in [0.717, 1.165) is 38.9 Å². The molecule has 2 N–H and O–H groups in total. The molecule has 0 unspecified atom stereocenters. The number of piperidine rings is 1. The average Bonchev–Trinajstić information content (AvgIpc) is 2.47. The lowest BCUT2D eigenvalue weighted by Gasteiger charge is -2.38. The van der Waals surface area contributed by atoms with Crippen molar-refractivity contribution in [2.24, 2.45) is 11.1 Å². The van der Waals surface area contributed by atoms with E-state index in [9.17, 15) is 4.79 Å². The molecular weight excluding hydrogens is 248 g/mol. The topological polar surface area (TPSA) is 46.3 Å². The van der Waals surface area contributed by atoms with E-state index >= 15 is 0 Å². The van der Waals surface area contributed by atoms with Crippen LogP contribution in [-0.2, 0) is 11.2 Å². The van der Waals surface area contributed by atoms with Crippen molar-refractivity contribution in [3.05, 3.63) is 35.4 Å². The van der Waals surface area contributed by atoms with Crippen LogP contribution in [0.2, 0.25) is 0 Å². The van der Waals surface area contributed by atoms with Crippen LogP contribution < -0.4 is 5.73 Å². The molecule has 1 heterocycles. The zero-order valence-electron chi connectivity index (χ0n) is 12.7. The highest BCUT2D eigenvalue weighted by Crippen LogP contribution is 2.29. The third-order valence-electron chi connectivity index (χ3n) is 4.56. The predicted molar refractivity (Wildman–Crippen MR) is 82.5 cm³/mol. The predicted octanol–water partition coefficient (Wildman–Crippen LogP) is 2.52. The molecular formula is C17H26N2O. The van der Waals surface area contributed by atoms with Crippen molar-refractivity contribution in [3.63, 3.8) is 0 Å². The molecule has 1 amide bonds. The summed E-state index contributed by atoms with van der Waals surface area (Å²) in [7, 11) is 0. The average molecular weight is 274 g/mol. The summed E-state index contributed by atoms with van der Waals surface area (Å²) in [5, 5.41) is 0. The van der Waals surface area contributed by atoms with Crippen molar-refractivity contribution < 1.29 is 4.79 Å². The summed E-state index contributed by atoms with van der Waals surface area (Å²) >= 11 is 0. The molecule has 1 aliphatic heterocycles. The van der Waals surface area contributed by atoms with Gasteiger partial charge in [0.1, 0.15) is 0 Å². The summed E-state index contributed by atoms with van der Waals surface area (Å²) in [6, 6.07) is 8.44. The molecule has 0 spiro atoms. The number of hydrogen-bond donors (Lipinski definition) is 1. The first kappa shape index (κ1) is 15.0. The van der Waals surface area contributed by atoms with E-state index in [1.54, 1.807) is 0 Å². The smallest absolute Gasteiger partial charge is 0.222 e. The van der Waals surface area contributed by atoms with Gasteiger partial charge in [-0.05, 0) is 43.7 Å². The van der Waals surface area contributed by atoms with Gasteiger partial charge in [-0.25, -0.2) is 0 Å². The van der Waals surface area contributed by atoms with E-state index in [1.165, 1.54) is 11.1 Å². The maximum atomic E-state index is 12.2. The molecule has 3 nitrogen and oxygen atoms in total. The fraction of sp³-hybridized carbons (Fsp3) is 0.588. The van der Waals surface area contributed by atoms with Crippen LogP contribution in [0, 0.1) is 12.3 Å². The van der Waals surface area contributed by atoms with Crippen molar-refractivity contribution in [1.82, 2.24) is 4.90 Å². The molecule has 1 saturated heterocycles. The van der Waals surface area contributed by atoms with Gasteiger partial charge in [-0.2, -0.15) is 0 Å². The molecule has 1 aliphatic rings. The fourth-order valence-electron chi connectivity index (χ4n) is 2.66. The largest absolute Gasteiger partial charge is 0.343 e. The number of nitrogens with two attached hydrogens (primary N) is 1. The number of aryl methyl sites for hydroxylation is 2. The highest BCUT2D eigenvalue weighted by Gasteiger charge is 2.30. The van der Waals surface area contributed by atoms with Crippen LogP contribution in [0.25, 0.3) is 0 Å². The Balaban J connectivity index is 1.80. The monoisotopic (exact) mass is 274 g/mol. The molecule has 1 aromatic carbocycles. The molecule has 3 heteroatoms. The van der Waals surface area contributed by atoms with Crippen LogP contribution in [0.1, 0.15) is 37.3 Å². The van der Waals surface area contributed by atoms with Crippen LogP contribution >= 0.6 is 0 Å². The molecule has 0 radical (unpaired) electrons. The van der Waals surface area contributed by atoms with Crippen LogP contribution in [0.4, 0.5) is 0 Å². The van der Waals surface area contributed by atoms with E-state index in [2.05, 4.69) is 38.1 Å². The van der Waals surface area contributed by atoms with Gasteiger partial charge in [0.15, 0.2) is 0 Å². The first-order valence-electron chi connectivity index (χ1n) is 7.56. The van der Waals surface area contributed by atoms with Crippen LogP contribution in [0.3, 0.4) is 0 Å². The number of carbonyl (C=O) groups is 1. The van der Waals surface area contributed by atoms with E-state index < -0.39 is 0 Å². The molecule has 0 atom stereocenters. The third kappa shape index (κ3) is 3.83. The van der Waals surface area contributed by atoms with E-state index in [-0.39, 0.29) is 11.3 Å². The van der Waals surface area contributed by atoms with Gasteiger partial charge in [-0.1, -0.05) is 36.8 Å². The lowest BCUT2D eigenvalue weighted by Crippen LogP contribution is -2.44. The van der Waals surface area contributed by atoms with E-state index in [4.69, 9.17) is 5.73 Å². The van der Waals surface area contributed by atoms with Gasteiger partial charge >= 0.3 is 0 Å². The van der Waals surface area contributed by atoms with Crippen LogP contribution in [-0.4, -0.2) is 30.4 Å². The summed E-state index contributed by atoms with van der Waals surface area (Å²) < 4.78 is 0. The summed E-state index contributed by atoms with van der Waals surface area (Å²) in [5.41, 5.74) is 8.54. The van der Waals surface area contributed by atoms with Gasteiger partial charge in [0, 0.05) is 19.5 Å². The maximum Gasteiger partial charge on any atom is 0.222 e. The van der Waals surface area contributed by atoms with Gasteiger partial charge in [0.2, 0.25) is 5.91 Å². The van der Waals surface area contributed by atoms with Crippen molar-refractivity contribution >= 4 is 5.91 Å². The highest BCUT2D eigenvalue weighted by molar-refractivity contribution is 5.76. The fourth-order valence-corrected chi connectivity index (χ4v) is 2.66. The standard InChI is InChI=1S/C17H26N2O/c1-14-3-5-15(6-4-14)7-8-16(20)19-11-9-17(2,13-18)10-12-19/h3-6H,7-13,18H2,1-2H3. The molecule has 0 bridgehead atoms. The van der Waals surface area contributed by atoms with Gasteiger partial charge < -0.3 is 10.6 Å². The van der Waals surface area contributed by atoms with Gasteiger partial charge in [-0.15, -0.1) is 0 Å². The number of nitrogens with zero attached hydrogens (tertiary/aromatic N) is 1. The zero-order chi connectivity index (χ0) is 14.6. The lowest BCUT2D eigenvalue weighted by atomic mass is 9.80. The second-order valence-corrected chi connectivity index (χ2v) is 6.38. The Morgan fingerprint density at radius 2 is 1.85 bits per heavy atom. The number of benzene rings is 1. The highest BCUT2D eigenvalue weighted by atomic mass is 16.2. The van der Waals surface area contributed by atoms with Crippen molar-refractivity contribution in [1.29, 1.82) is 0 Å². The molecule has 0 aromatic heterocycles. The normalized spacial score (nSPS) is 18.1. The Morgan fingerprint density at radius 3 is 2.40 bits per heavy atom. The van der Waals surface area contributed by atoms with Gasteiger partial charge in [-0.3, -0.25) is 4.79 Å². The summed E-state index contributed by atoms with van der Waals surface area (Å²) in [6.45, 7) is 6.75. The molecule has 0 aliphatic carbocycles. The molecule has 1 aromatic rings. The minimum Gasteiger partial charge on any atom is -0.343 e. The summed E-state index contributed by atoms with van der Waals surface area (Å²) in [4.78, 5) is 14.2. The Labute approximate surface area is 122 Å². The lowest BCUT2D eigenvalue weighted by molar-refractivity contribution is -0.133. The Morgan fingerprint density at radius 1 is 1.25 bits per heavy atom. The SMILES string of the molecule is Cc1ccc(CCC(=O)N2CCC(C)(CN)CC2)cc1. The van der Waals surface area contributed by atoms with E-state index in [1.807, 2.05) is 4.90 Å². The first-order chi connectivity index (χ1) is 9.52. The van der Waals surface area contributed by atoms with Crippen molar-refractivity contribution in [2.45, 2.75) is 39.5 Å². The van der Waals surface area contributed by atoms with Gasteiger partial charge in [0.25, 0.3) is 0 Å². The Hall–Kier alpha value is -1.35. The quantitative estimate of drug-likeness (QED) is 0.917. The Kier molecular flexibility index (Phi) is 4.81. The molecule has 2 rings (SSSR count). The van der Waals surface area contributed by atoms with Crippen molar-refractivity contribution in [2.75, 3.05) is 19.6 Å². The number of carbonyl (C=O) groups excluding carboxylic acids is 1. The van der Waals surface area contributed by atoms with Crippen LogP contribution in [0.15, 0.2) is 24.3 Å². The first-order valence-corrected chi connectivity index (χ1v) is 7.56. The van der Waals surface area contributed by atoms with Gasteiger partial charge in [0.05, 0.1) is 0 Å². The second kappa shape index (κ2) is 6.40. The molecule has 1 fully saturated rings. The molecule has 0 saturated carbocycles. The minimum absolute atomic E-state index is 0.230.